The molecule has 5 nitrogen and oxygen atoms in total. The number of sulfonamides is 1. The van der Waals surface area contributed by atoms with Crippen LogP contribution in [0.1, 0.15) is 20.3 Å². The molecule has 1 fully saturated rings. The van der Waals surface area contributed by atoms with E-state index >= 15 is 0 Å². The molecular formula is C15H25N3O2S. The Bertz CT molecular complexity index is 535. The first-order chi connectivity index (χ1) is 9.96. The summed E-state index contributed by atoms with van der Waals surface area (Å²) in [4.78, 5) is 2.30. The third-order valence-electron chi connectivity index (χ3n) is 3.59. The van der Waals surface area contributed by atoms with Crippen LogP contribution in [-0.2, 0) is 10.0 Å². The quantitative estimate of drug-likeness (QED) is 0.842. The molecule has 0 atom stereocenters. The van der Waals surface area contributed by atoms with Crippen LogP contribution in [0.25, 0.3) is 0 Å². The van der Waals surface area contributed by atoms with E-state index in [-0.39, 0.29) is 5.75 Å². The molecule has 21 heavy (non-hydrogen) atoms. The second-order valence-corrected chi connectivity index (χ2v) is 7.73. The van der Waals surface area contributed by atoms with Crippen molar-refractivity contribution in [1.82, 2.24) is 5.32 Å². The molecule has 1 aliphatic rings. The number of hydrogen-bond acceptors (Lipinski definition) is 4. The molecular weight excluding hydrogens is 286 g/mol. The van der Waals surface area contributed by atoms with Crippen LogP contribution >= 0.6 is 0 Å². The first-order valence-corrected chi connectivity index (χ1v) is 9.18. The van der Waals surface area contributed by atoms with E-state index in [4.69, 9.17) is 0 Å². The monoisotopic (exact) mass is 311 g/mol. The molecule has 0 saturated carbocycles. The molecule has 0 bridgehead atoms. The summed E-state index contributed by atoms with van der Waals surface area (Å²) < 4.78 is 26.6. The highest BCUT2D eigenvalue weighted by atomic mass is 32.2. The van der Waals surface area contributed by atoms with Crippen LogP contribution in [-0.4, -0.2) is 40.3 Å². The summed E-state index contributed by atoms with van der Waals surface area (Å²) in [6.07, 6.45) is 0.675. The second-order valence-electron chi connectivity index (χ2n) is 5.89. The Balaban J connectivity index is 1.95. The van der Waals surface area contributed by atoms with Gasteiger partial charge in [0.25, 0.3) is 0 Å². The topological polar surface area (TPSA) is 61.4 Å². The van der Waals surface area contributed by atoms with Crippen molar-refractivity contribution in [1.29, 1.82) is 0 Å². The molecule has 0 unspecified atom stereocenters. The van der Waals surface area contributed by atoms with Crippen molar-refractivity contribution < 1.29 is 8.42 Å². The third kappa shape index (κ3) is 5.21. The maximum atomic E-state index is 12.0. The van der Waals surface area contributed by atoms with Gasteiger partial charge in [0.1, 0.15) is 0 Å². The van der Waals surface area contributed by atoms with E-state index in [1.54, 1.807) is 0 Å². The van der Waals surface area contributed by atoms with Crippen molar-refractivity contribution >= 4 is 21.4 Å². The molecule has 6 heteroatoms. The van der Waals surface area contributed by atoms with Crippen molar-refractivity contribution in [2.75, 3.05) is 41.6 Å². The number of nitrogens with zero attached hydrogens (tertiary/aromatic N) is 1. The largest absolute Gasteiger partial charge is 0.369 e. The molecule has 2 rings (SSSR count). The van der Waals surface area contributed by atoms with Crippen LogP contribution < -0.4 is 14.9 Å². The summed E-state index contributed by atoms with van der Waals surface area (Å²) in [5.74, 6) is 0.557. The van der Waals surface area contributed by atoms with Gasteiger partial charge < -0.3 is 10.2 Å². The maximum Gasteiger partial charge on any atom is 0.232 e. The molecule has 1 aromatic carbocycles. The van der Waals surface area contributed by atoms with E-state index in [9.17, 15) is 8.42 Å². The molecule has 1 aromatic rings. The van der Waals surface area contributed by atoms with Gasteiger partial charge in [-0.3, -0.25) is 4.72 Å². The molecule has 1 aliphatic heterocycles. The molecule has 0 radical (unpaired) electrons. The zero-order valence-electron chi connectivity index (χ0n) is 12.8. The number of benzene rings is 1. The smallest absolute Gasteiger partial charge is 0.232 e. The average Bonchev–Trinajstić information content (AvgIpc) is 2.47. The van der Waals surface area contributed by atoms with Gasteiger partial charge >= 0.3 is 0 Å². The molecule has 0 spiro atoms. The molecule has 1 saturated heterocycles. The average molecular weight is 311 g/mol. The summed E-state index contributed by atoms with van der Waals surface area (Å²) in [6.45, 7) is 8.00. The minimum absolute atomic E-state index is 0.171. The number of anilines is 2. The first-order valence-electron chi connectivity index (χ1n) is 7.52. The summed E-state index contributed by atoms with van der Waals surface area (Å²) in [7, 11) is -3.24. The van der Waals surface area contributed by atoms with Crippen LogP contribution in [0.2, 0.25) is 0 Å². The lowest BCUT2D eigenvalue weighted by Gasteiger charge is -2.29. The molecule has 0 aromatic heterocycles. The number of hydrogen-bond donors (Lipinski definition) is 2. The minimum Gasteiger partial charge on any atom is -0.369 e. The first kappa shape index (κ1) is 16.1. The predicted octanol–water partition coefficient (Wildman–Crippen LogP) is 1.88. The van der Waals surface area contributed by atoms with Gasteiger partial charge in [0.2, 0.25) is 10.0 Å². The fourth-order valence-electron chi connectivity index (χ4n) is 2.28. The van der Waals surface area contributed by atoms with Crippen LogP contribution in [0.3, 0.4) is 0 Å². The number of piperazine rings is 1. The van der Waals surface area contributed by atoms with E-state index in [2.05, 4.69) is 14.9 Å². The Kier molecular flexibility index (Phi) is 5.47. The Labute approximate surface area is 127 Å². The number of nitrogens with one attached hydrogen (secondary N) is 2. The van der Waals surface area contributed by atoms with E-state index in [0.717, 1.165) is 31.9 Å². The summed E-state index contributed by atoms with van der Waals surface area (Å²) in [5.41, 5.74) is 1.78. The molecule has 0 amide bonds. The standard InChI is InChI=1S/C15H25N3O2S/c1-13(2)7-12-21(19,20)17-14-3-5-15(6-4-14)18-10-8-16-9-11-18/h3-6,13,16-17H,7-12H2,1-2H3. The zero-order chi connectivity index (χ0) is 15.3. The Morgan fingerprint density at radius 3 is 2.38 bits per heavy atom. The van der Waals surface area contributed by atoms with Gasteiger partial charge in [-0.25, -0.2) is 8.42 Å². The summed E-state index contributed by atoms with van der Waals surface area (Å²) >= 11 is 0. The van der Waals surface area contributed by atoms with Gasteiger partial charge in [0.05, 0.1) is 5.75 Å². The van der Waals surface area contributed by atoms with Gasteiger partial charge in [-0.05, 0) is 36.6 Å². The molecule has 0 aliphatic carbocycles. The third-order valence-corrected chi connectivity index (χ3v) is 4.91. The van der Waals surface area contributed by atoms with E-state index < -0.39 is 10.0 Å². The van der Waals surface area contributed by atoms with Crippen molar-refractivity contribution in [2.45, 2.75) is 20.3 Å². The van der Waals surface area contributed by atoms with E-state index in [1.165, 1.54) is 0 Å². The highest BCUT2D eigenvalue weighted by Gasteiger charge is 2.13. The van der Waals surface area contributed by atoms with Crippen molar-refractivity contribution in [3.8, 4) is 0 Å². The highest BCUT2D eigenvalue weighted by molar-refractivity contribution is 7.92. The van der Waals surface area contributed by atoms with Gasteiger partial charge in [0.15, 0.2) is 0 Å². The zero-order valence-corrected chi connectivity index (χ0v) is 13.6. The minimum atomic E-state index is -3.24. The molecule has 1 heterocycles. The van der Waals surface area contributed by atoms with Crippen LogP contribution in [0.5, 0.6) is 0 Å². The Morgan fingerprint density at radius 1 is 1.19 bits per heavy atom. The van der Waals surface area contributed by atoms with Gasteiger partial charge in [0, 0.05) is 37.6 Å². The lowest BCUT2D eigenvalue weighted by atomic mass is 10.2. The van der Waals surface area contributed by atoms with Crippen molar-refractivity contribution in [3.05, 3.63) is 24.3 Å². The van der Waals surface area contributed by atoms with E-state index in [1.807, 2.05) is 38.1 Å². The molecule has 2 N–H and O–H groups in total. The maximum absolute atomic E-state index is 12.0. The van der Waals surface area contributed by atoms with Crippen LogP contribution in [0.4, 0.5) is 11.4 Å². The SMILES string of the molecule is CC(C)CCS(=O)(=O)Nc1ccc(N2CCNCC2)cc1. The van der Waals surface area contributed by atoms with Gasteiger partial charge in [-0.1, -0.05) is 13.8 Å². The summed E-state index contributed by atoms with van der Waals surface area (Å²) in [5, 5.41) is 3.32. The molecule has 118 valence electrons. The lowest BCUT2D eigenvalue weighted by Crippen LogP contribution is -2.43. The lowest BCUT2D eigenvalue weighted by molar-refractivity contribution is 0.578. The van der Waals surface area contributed by atoms with Crippen LogP contribution in [0.15, 0.2) is 24.3 Å². The van der Waals surface area contributed by atoms with Gasteiger partial charge in [-0.2, -0.15) is 0 Å². The number of rotatable bonds is 6. The fraction of sp³-hybridized carbons (Fsp3) is 0.600. The normalized spacial score (nSPS) is 16.2. The Hall–Kier alpha value is -1.27. The summed E-state index contributed by atoms with van der Waals surface area (Å²) in [6, 6.07) is 7.63. The van der Waals surface area contributed by atoms with E-state index in [0.29, 0.717) is 18.0 Å². The van der Waals surface area contributed by atoms with Crippen molar-refractivity contribution in [3.63, 3.8) is 0 Å². The second kappa shape index (κ2) is 7.13. The van der Waals surface area contributed by atoms with Crippen LogP contribution in [0, 0.1) is 5.92 Å². The predicted molar refractivity (Wildman–Crippen MR) is 88.4 cm³/mol. The Morgan fingerprint density at radius 2 is 1.81 bits per heavy atom. The van der Waals surface area contributed by atoms with Gasteiger partial charge in [-0.15, -0.1) is 0 Å². The highest BCUT2D eigenvalue weighted by Crippen LogP contribution is 2.19. The van der Waals surface area contributed by atoms with Crippen molar-refractivity contribution in [2.24, 2.45) is 5.92 Å². The fourth-order valence-corrected chi connectivity index (χ4v) is 3.66.